The van der Waals surface area contributed by atoms with Gasteiger partial charge in [0.25, 0.3) is 5.91 Å². The molecule has 0 radical (unpaired) electrons. The Morgan fingerprint density at radius 2 is 1.97 bits per heavy atom. The molecule has 29 heavy (non-hydrogen) atoms. The number of anilines is 1. The van der Waals surface area contributed by atoms with Gasteiger partial charge >= 0.3 is 0 Å². The number of halogens is 1. The Balaban J connectivity index is 1.44. The van der Waals surface area contributed by atoms with Crippen LogP contribution in [0.3, 0.4) is 0 Å². The monoisotopic (exact) mass is 450 g/mol. The standard InChI is InChI=1S/C23H23BrN4O/c1-16-20(7-8-21(27-16)18-5-4-6-19(24)14-18)23(29)26-15-17-9-10-25-22(13-17)28-11-2-3-12-28/h4-10,13-14H,2-3,11-12,15H2,1H3,(H,26,29). The molecule has 1 amide bonds. The van der Waals surface area contributed by atoms with Crippen LogP contribution in [0.2, 0.25) is 0 Å². The summed E-state index contributed by atoms with van der Waals surface area (Å²) in [5.41, 5.74) is 4.22. The Labute approximate surface area is 179 Å². The highest BCUT2D eigenvalue weighted by Gasteiger charge is 2.15. The lowest BCUT2D eigenvalue weighted by Crippen LogP contribution is -2.24. The minimum absolute atomic E-state index is 0.115. The molecule has 2 aromatic heterocycles. The van der Waals surface area contributed by atoms with E-state index in [4.69, 9.17) is 0 Å². The first-order chi connectivity index (χ1) is 14.1. The van der Waals surface area contributed by atoms with Crippen LogP contribution in [0.1, 0.15) is 34.5 Å². The molecule has 4 rings (SSSR count). The predicted octanol–water partition coefficient (Wildman–Crippen LogP) is 4.74. The maximum atomic E-state index is 12.7. The molecule has 1 N–H and O–H groups in total. The lowest BCUT2D eigenvalue weighted by molar-refractivity contribution is 0.0950. The first-order valence-corrected chi connectivity index (χ1v) is 10.6. The molecule has 0 bridgehead atoms. The van der Waals surface area contributed by atoms with Gasteiger partial charge in [-0.05, 0) is 61.7 Å². The molecule has 6 heteroatoms. The van der Waals surface area contributed by atoms with Gasteiger partial charge < -0.3 is 10.2 Å². The van der Waals surface area contributed by atoms with Crippen molar-refractivity contribution in [3.63, 3.8) is 0 Å². The van der Waals surface area contributed by atoms with Crippen molar-refractivity contribution in [1.29, 1.82) is 0 Å². The quantitative estimate of drug-likeness (QED) is 0.609. The third-order valence-corrected chi connectivity index (χ3v) is 5.64. The number of pyridine rings is 2. The van der Waals surface area contributed by atoms with Crippen LogP contribution in [-0.2, 0) is 6.54 Å². The number of benzene rings is 1. The number of nitrogens with zero attached hydrogens (tertiary/aromatic N) is 3. The van der Waals surface area contributed by atoms with Crippen molar-refractivity contribution in [2.75, 3.05) is 18.0 Å². The van der Waals surface area contributed by atoms with Crippen LogP contribution in [-0.4, -0.2) is 29.0 Å². The van der Waals surface area contributed by atoms with E-state index in [1.807, 2.05) is 55.6 Å². The van der Waals surface area contributed by atoms with E-state index in [0.717, 1.165) is 40.2 Å². The number of amides is 1. The van der Waals surface area contributed by atoms with Crippen LogP contribution in [0.15, 0.2) is 59.2 Å². The predicted molar refractivity (Wildman–Crippen MR) is 119 cm³/mol. The largest absolute Gasteiger partial charge is 0.357 e. The second-order valence-electron chi connectivity index (χ2n) is 7.24. The maximum absolute atomic E-state index is 12.7. The van der Waals surface area contributed by atoms with E-state index in [2.05, 4.69) is 42.2 Å². The first-order valence-electron chi connectivity index (χ1n) is 9.82. The van der Waals surface area contributed by atoms with E-state index < -0.39 is 0 Å². The number of carbonyl (C=O) groups excluding carboxylic acids is 1. The van der Waals surface area contributed by atoms with Crippen molar-refractivity contribution in [3.05, 3.63) is 76.0 Å². The number of aromatic nitrogens is 2. The molecule has 5 nitrogen and oxygen atoms in total. The fourth-order valence-corrected chi connectivity index (χ4v) is 3.98. The minimum Gasteiger partial charge on any atom is -0.357 e. The summed E-state index contributed by atoms with van der Waals surface area (Å²) in [4.78, 5) is 24.1. The molecule has 1 aromatic carbocycles. The molecular formula is C23H23BrN4O. The molecule has 0 spiro atoms. The van der Waals surface area contributed by atoms with Crippen molar-refractivity contribution < 1.29 is 4.79 Å². The number of hydrogen-bond donors (Lipinski definition) is 1. The van der Waals surface area contributed by atoms with E-state index >= 15 is 0 Å². The molecule has 3 aromatic rings. The zero-order chi connectivity index (χ0) is 20.2. The zero-order valence-electron chi connectivity index (χ0n) is 16.4. The molecule has 0 aliphatic carbocycles. The molecule has 0 atom stereocenters. The zero-order valence-corrected chi connectivity index (χ0v) is 17.9. The van der Waals surface area contributed by atoms with Gasteiger partial charge in [0.15, 0.2) is 0 Å². The van der Waals surface area contributed by atoms with Gasteiger partial charge in [-0.2, -0.15) is 0 Å². The van der Waals surface area contributed by atoms with E-state index in [-0.39, 0.29) is 5.91 Å². The summed E-state index contributed by atoms with van der Waals surface area (Å²) < 4.78 is 1.00. The number of rotatable bonds is 5. The second-order valence-corrected chi connectivity index (χ2v) is 8.15. The molecule has 148 valence electrons. The van der Waals surface area contributed by atoms with Gasteiger partial charge in [-0.3, -0.25) is 9.78 Å². The van der Waals surface area contributed by atoms with Crippen molar-refractivity contribution in [3.8, 4) is 11.3 Å². The SMILES string of the molecule is Cc1nc(-c2cccc(Br)c2)ccc1C(=O)NCc1ccnc(N2CCCC2)c1. The average Bonchev–Trinajstić information content (AvgIpc) is 3.27. The van der Waals surface area contributed by atoms with Crippen LogP contribution in [0.25, 0.3) is 11.3 Å². The van der Waals surface area contributed by atoms with Gasteiger partial charge in [0, 0.05) is 35.9 Å². The number of nitrogens with one attached hydrogen (secondary N) is 1. The van der Waals surface area contributed by atoms with Crippen LogP contribution < -0.4 is 10.2 Å². The summed E-state index contributed by atoms with van der Waals surface area (Å²) in [6.07, 6.45) is 4.24. The molecule has 0 unspecified atom stereocenters. The molecule has 1 aliphatic heterocycles. The van der Waals surface area contributed by atoms with Crippen molar-refractivity contribution in [2.24, 2.45) is 0 Å². The van der Waals surface area contributed by atoms with Gasteiger partial charge in [0.1, 0.15) is 5.82 Å². The van der Waals surface area contributed by atoms with E-state index in [0.29, 0.717) is 17.8 Å². The Morgan fingerprint density at radius 3 is 2.72 bits per heavy atom. The topological polar surface area (TPSA) is 58.1 Å². The number of carbonyl (C=O) groups is 1. The van der Waals surface area contributed by atoms with Gasteiger partial charge in [-0.25, -0.2) is 4.98 Å². The average molecular weight is 451 g/mol. The maximum Gasteiger partial charge on any atom is 0.253 e. The molecule has 1 fully saturated rings. The summed E-state index contributed by atoms with van der Waals surface area (Å²) >= 11 is 3.49. The van der Waals surface area contributed by atoms with Gasteiger partial charge in [0.2, 0.25) is 0 Å². The summed E-state index contributed by atoms with van der Waals surface area (Å²) in [7, 11) is 0. The van der Waals surface area contributed by atoms with Crippen molar-refractivity contribution in [1.82, 2.24) is 15.3 Å². The number of aryl methyl sites for hydroxylation is 1. The normalized spacial score (nSPS) is 13.5. The van der Waals surface area contributed by atoms with Gasteiger partial charge in [-0.15, -0.1) is 0 Å². The third-order valence-electron chi connectivity index (χ3n) is 5.14. The summed E-state index contributed by atoms with van der Waals surface area (Å²) in [5.74, 6) is 0.876. The van der Waals surface area contributed by atoms with E-state index in [1.54, 1.807) is 0 Å². The highest BCUT2D eigenvalue weighted by Crippen LogP contribution is 2.23. The molecular weight excluding hydrogens is 428 g/mol. The van der Waals surface area contributed by atoms with Crippen LogP contribution in [0.5, 0.6) is 0 Å². The van der Waals surface area contributed by atoms with E-state index in [1.165, 1.54) is 12.8 Å². The van der Waals surface area contributed by atoms with Crippen LogP contribution in [0, 0.1) is 6.92 Å². The van der Waals surface area contributed by atoms with Gasteiger partial charge in [0.05, 0.1) is 17.0 Å². The second kappa shape index (κ2) is 8.74. The van der Waals surface area contributed by atoms with Gasteiger partial charge in [-0.1, -0.05) is 28.1 Å². The molecule has 3 heterocycles. The molecule has 1 saturated heterocycles. The first kappa shape index (κ1) is 19.6. The molecule has 0 saturated carbocycles. The van der Waals surface area contributed by atoms with Crippen LogP contribution in [0.4, 0.5) is 5.82 Å². The Hall–Kier alpha value is -2.73. The summed E-state index contributed by atoms with van der Waals surface area (Å²) in [6, 6.07) is 15.7. The smallest absolute Gasteiger partial charge is 0.253 e. The lowest BCUT2D eigenvalue weighted by atomic mass is 10.1. The Bertz CT molecular complexity index is 1030. The Morgan fingerprint density at radius 1 is 1.14 bits per heavy atom. The highest BCUT2D eigenvalue weighted by molar-refractivity contribution is 9.10. The summed E-state index contributed by atoms with van der Waals surface area (Å²) in [5, 5.41) is 3.01. The summed E-state index contributed by atoms with van der Waals surface area (Å²) in [6.45, 7) is 4.44. The van der Waals surface area contributed by atoms with E-state index in [9.17, 15) is 4.79 Å². The minimum atomic E-state index is -0.115. The molecule has 1 aliphatic rings. The number of hydrogen-bond acceptors (Lipinski definition) is 4. The highest BCUT2D eigenvalue weighted by atomic mass is 79.9. The Kier molecular flexibility index (Phi) is 5.90. The lowest BCUT2D eigenvalue weighted by Gasteiger charge is -2.17. The van der Waals surface area contributed by atoms with Crippen LogP contribution >= 0.6 is 15.9 Å². The fourth-order valence-electron chi connectivity index (χ4n) is 3.58. The third kappa shape index (κ3) is 4.65. The fraction of sp³-hybridized carbons (Fsp3) is 0.261. The van der Waals surface area contributed by atoms with Crippen molar-refractivity contribution in [2.45, 2.75) is 26.3 Å². The van der Waals surface area contributed by atoms with Crippen molar-refractivity contribution >= 4 is 27.7 Å².